The fourth-order valence-electron chi connectivity index (χ4n) is 19.5. The number of pyridine rings is 2. The number of anilines is 1. The molecule has 2 saturated heterocycles. The van der Waals surface area contributed by atoms with Crippen molar-refractivity contribution >= 4 is 69.9 Å². The largest absolute Gasteiger partial charge is 0.479 e. The second-order valence-corrected chi connectivity index (χ2v) is 37.2. The number of Topliss-reactive ketones (excluding diaryl/α,β-unsaturated/α-hetero) is 1. The number of halogens is 1. The normalized spacial score (nSPS) is 19.5. The lowest BCUT2D eigenvalue weighted by atomic mass is 9.65. The van der Waals surface area contributed by atoms with Crippen LogP contribution < -0.4 is 42.2 Å². The number of nitrogens with zero attached hydrogens (tertiary/aromatic N) is 6. The molecule has 12 N–H and O–H groups in total. The molecule has 147 heavy (non-hydrogen) atoms. The van der Waals surface area contributed by atoms with Crippen molar-refractivity contribution in [2.45, 2.75) is 197 Å². The lowest BCUT2D eigenvalue weighted by Gasteiger charge is -2.46. The summed E-state index contributed by atoms with van der Waals surface area (Å²) in [4.78, 5) is 147. The number of carbonyl (C=O) groups excluding carboxylic acids is 8. The van der Waals surface area contributed by atoms with E-state index in [1.54, 1.807) is 25.9 Å². The summed E-state index contributed by atoms with van der Waals surface area (Å²) < 4.78 is 106. The van der Waals surface area contributed by atoms with Gasteiger partial charge >= 0.3 is 18.0 Å². The number of fused-ring (bicyclic) bond motifs is 10. The molecule has 0 radical (unpaired) electrons. The molecule has 2 aliphatic carbocycles. The number of ether oxygens (including phenoxy) is 16. The van der Waals surface area contributed by atoms with Crippen LogP contribution >= 0.6 is 0 Å². The number of hydrogen-bond donors (Lipinski definition) is 11. The molecule has 9 atom stereocenters. The Bertz CT molecular complexity index is 5720. The molecule has 5 aliphatic heterocycles. The van der Waals surface area contributed by atoms with Crippen molar-refractivity contribution in [3.63, 3.8) is 0 Å². The monoisotopic (exact) mass is 2050 g/mol. The van der Waals surface area contributed by atoms with Gasteiger partial charge in [0.2, 0.25) is 35.8 Å². The number of aliphatic hydroxyl groups is 4. The first-order chi connectivity index (χ1) is 71.3. The quantitative estimate of drug-likeness (QED) is 0.0180. The standard InChI is InChI=1S/C103H135FN12O31/c1-4-103(131)73-56-78-87-71(60-116(78)97(126)72(73)62-144-100(103)129)85-75(19-18-68-63(2)74(104)57-76(108-87)84(68)85)109-101(130)145-61-64-17-20-80(146-99-93(123)91(121)92(122)94(147-99)98(127)128)67(55-64)58-107-81(118)23-29-106-96(125)90(86(105)79(117)24-32-133-35-36-135-39-40-137-43-44-139-47-48-141-51-52-143-54-53-142-50-49-140-46-45-138-42-41-136-38-37-134-34-33-132-3)110-95(124)65-21-25-102(26-22-65)27-30-114(31-28-102)82(119)15-9-10-16-83(120)115-59-66-11-5-6-12-69(66)88-89(112-113-111-88)70-13-7-8-14-77(70)115/h5-8,11-14,17,20,55-57,65,75,86,90-94,99,121-123,131H,4,9-10,15-16,18-19,21-54,58-62,105H2,1-3H3,(H,106,125)(H,107,118)(H,109,130)(H,110,124)(H,127,128)(H,111,112,113)/t75-,86?,90-,91-,92-,93+,94-,99+,103-/m0/s1. The average Bonchev–Trinajstić information content (AvgIpc) is 1.56. The van der Waals surface area contributed by atoms with Crippen LogP contribution in [0.4, 0.5) is 14.9 Å². The lowest BCUT2D eigenvalue weighted by Crippen LogP contribution is -2.61. The van der Waals surface area contributed by atoms with E-state index < -0.39 is 133 Å². The highest BCUT2D eigenvalue weighted by molar-refractivity contribution is 6.01. The third-order valence-corrected chi connectivity index (χ3v) is 27.8. The highest BCUT2D eigenvalue weighted by Crippen LogP contribution is 2.49. The van der Waals surface area contributed by atoms with Crippen LogP contribution in [0.5, 0.6) is 5.75 Å². The zero-order valence-corrected chi connectivity index (χ0v) is 83.2. The maximum absolute atomic E-state index is 15.8. The van der Waals surface area contributed by atoms with Crippen LogP contribution in [-0.4, -0.2) is 330 Å². The van der Waals surface area contributed by atoms with E-state index in [4.69, 9.17) is 86.5 Å². The summed E-state index contributed by atoms with van der Waals surface area (Å²) in [6.45, 7) is 11.4. The number of likely N-dealkylation sites (tertiary alicyclic amines) is 1. The van der Waals surface area contributed by atoms with Gasteiger partial charge in [0.15, 0.2) is 17.5 Å². The van der Waals surface area contributed by atoms with Gasteiger partial charge in [-0.2, -0.15) is 15.4 Å². The number of carboxylic acid groups (broad SMARTS) is 1. The molecule has 7 aliphatic rings. The van der Waals surface area contributed by atoms with Crippen molar-refractivity contribution in [1.29, 1.82) is 0 Å². The lowest BCUT2D eigenvalue weighted by molar-refractivity contribution is -0.271. The number of methoxy groups -OCH3 is 1. The van der Waals surface area contributed by atoms with E-state index >= 15 is 4.39 Å². The molecule has 14 rings (SSSR count). The first kappa shape index (κ1) is 111. The van der Waals surface area contributed by atoms with Gasteiger partial charge in [-0.3, -0.25) is 33.6 Å². The van der Waals surface area contributed by atoms with Crippen molar-refractivity contribution in [1.82, 2.24) is 51.1 Å². The summed E-state index contributed by atoms with van der Waals surface area (Å²) in [6, 6.07) is 18.4. The summed E-state index contributed by atoms with van der Waals surface area (Å²) in [6.07, 6.45) is -6.21. The number of aliphatic hydroxyl groups excluding tert-OH is 3. The van der Waals surface area contributed by atoms with E-state index in [-0.39, 0.29) is 147 Å². The summed E-state index contributed by atoms with van der Waals surface area (Å²) >= 11 is 0. The molecule has 3 fully saturated rings. The Morgan fingerprint density at radius 2 is 1.21 bits per heavy atom. The molecule has 800 valence electrons. The third-order valence-electron chi connectivity index (χ3n) is 27.8. The number of nitrogens with two attached hydrogens (primary N) is 1. The second kappa shape index (κ2) is 54.7. The van der Waals surface area contributed by atoms with Crippen LogP contribution in [-0.2, 0) is 154 Å². The van der Waals surface area contributed by atoms with Crippen LogP contribution in [0, 0.1) is 24.1 Å². The Morgan fingerprint density at radius 3 is 1.82 bits per heavy atom. The number of H-pyrrole nitrogens is 1. The minimum atomic E-state index is -2.13. The Morgan fingerprint density at radius 1 is 0.633 bits per heavy atom. The van der Waals surface area contributed by atoms with Gasteiger partial charge < -0.3 is 143 Å². The number of aliphatic carboxylic acids is 1. The molecular formula is C103H135FN12O31. The number of carboxylic acids is 1. The van der Waals surface area contributed by atoms with Crippen molar-refractivity contribution < 1.29 is 149 Å². The summed E-state index contributed by atoms with van der Waals surface area (Å²) in [5.74, 6) is -6.64. The Hall–Kier alpha value is -11.4. The van der Waals surface area contributed by atoms with Gasteiger partial charge in [-0.15, -0.1) is 0 Å². The summed E-state index contributed by atoms with van der Waals surface area (Å²) in [5.41, 5.74) is 11.9. The SMILES string of the molecule is CC[C@@]1(O)C(=O)OCc2c1cc1n(c2=O)Cc2c-1nc1cc(F)c(C)c3c1c2[C@@H](NC(=O)OCc1ccc(O[C@@H]2O[C@H](C(=O)O)[C@@H](O)[C@H](O)[C@H]2O)c(CNC(=O)CCNC(=O)[C@@H](NC(=O)C2CCC4(CC2)CCN(C(=O)CCCCC(=O)N2Cc5ccccc5-c5n[nH]nc5-c5ccccc52)CC4)C(N)C(=O)CCOCCOCCOCCOCCOCCOCCOCCOCCOCCOCCOCCOC)c1)CC3. The molecule has 7 aromatic rings. The molecule has 44 heteroatoms. The number of carbonyl (C=O) groups is 9. The van der Waals surface area contributed by atoms with Crippen LogP contribution in [0.25, 0.3) is 44.8 Å². The van der Waals surface area contributed by atoms with Crippen molar-refractivity contribution in [2.75, 3.05) is 184 Å². The fraction of sp³-hybridized carbons (Fsp3) is 0.583. The predicted octanol–water partition coefficient (Wildman–Crippen LogP) is 4.79. The summed E-state index contributed by atoms with van der Waals surface area (Å²) in [5, 5.41) is 77.2. The van der Waals surface area contributed by atoms with Crippen molar-refractivity contribution in [2.24, 2.45) is 17.1 Å². The first-order valence-corrected chi connectivity index (χ1v) is 50.4. The van der Waals surface area contributed by atoms with Gasteiger partial charge in [-0.1, -0.05) is 55.5 Å². The number of alkyl carbamates (subject to hydrolysis) is 1. The molecule has 8 heterocycles. The number of hydrogen-bond acceptors (Lipinski definition) is 34. The minimum absolute atomic E-state index is 0.00466. The molecule has 3 aromatic heterocycles. The number of para-hydroxylation sites is 1. The van der Waals surface area contributed by atoms with Gasteiger partial charge in [0.05, 0.1) is 205 Å². The van der Waals surface area contributed by atoms with Gasteiger partial charge in [-0.05, 0) is 135 Å². The fourth-order valence-corrected chi connectivity index (χ4v) is 19.5. The zero-order valence-electron chi connectivity index (χ0n) is 83.2. The van der Waals surface area contributed by atoms with Crippen LogP contribution in [0.3, 0.4) is 0 Å². The van der Waals surface area contributed by atoms with Crippen LogP contribution in [0.1, 0.15) is 153 Å². The van der Waals surface area contributed by atoms with Crippen molar-refractivity contribution in [3.8, 4) is 39.7 Å². The number of aryl methyl sites for hydroxylation is 1. The maximum Gasteiger partial charge on any atom is 0.407 e. The Balaban J connectivity index is 0.542. The highest BCUT2D eigenvalue weighted by Gasteiger charge is 2.50. The topological polar surface area (TPSA) is 560 Å². The number of aromatic amines is 1. The molecule has 1 spiro atoms. The van der Waals surface area contributed by atoms with E-state index in [1.165, 1.54) is 34.9 Å². The van der Waals surface area contributed by atoms with E-state index in [0.717, 1.165) is 22.4 Å². The molecule has 6 amide bonds. The number of benzene rings is 4. The third kappa shape index (κ3) is 28.8. The van der Waals surface area contributed by atoms with E-state index in [0.29, 0.717) is 235 Å². The van der Waals surface area contributed by atoms with E-state index in [2.05, 4.69) is 36.7 Å². The molecule has 0 bridgehead atoms. The van der Waals surface area contributed by atoms with Gasteiger partial charge in [-0.25, -0.2) is 23.8 Å². The maximum atomic E-state index is 15.8. The Kier molecular flexibility index (Phi) is 41.4. The van der Waals surface area contributed by atoms with Crippen molar-refractivity contribution in [3.05, 3.63) is 145 Å². The highest BCUT2D eigenvalue weighted by atomic mass is 19.1. The van der Waals surface area contributed by atoms with E-state index in [9.17, 15) is 73.5 Å². The van der Waals surface area contributed by atoms with Gasteiger partial charge in [0.1, 0.15) is 60.5 Å². The number of piperidine rings is 1. The number of cyclic esters (lactones) is 1. The predicted molar refractivity (Wildman–Crippen MR) is 522 cm³/mol. The van der Waals surface area contributed by atoms with Crippen LogP contribution in [0.2, 0.25) is 0 Å². The smallest absolute Gasteiger partial charge is 0.407 e. The Labute approximate surface area is 848 Å². The number of rotatable bonds is 58. The first-order valence-electron chi connectivity index (χ1n) is 50.4. The number of unbranched alkanes of at least 4 members (excludes halogenated alkanes) is 1. The number of nitrogens with one attached hydrogen (secondary N) is 5. The van der Waals surface area contributed by atoms with Gasteiger partial charge in [0.25, 0.3) is 5.56 Å². The zero-order chi connectivity index (χ0) is 104. The molecule has 1 unspecified atom stereocenters. The summed E-state index contributed by atoms with van der Waals surface area (Å²) in [7, 11) is 1.62. The molecule has 4 aromatic carbocycles. The molecular weight excluding hydrogens is 1920 g/mol. The average molecular weight is 2060 g/mol. The minimum Gasteiger partial charge on any atom is -0.479 e. The van der Waals surface area contributed by atoms with E-state index in [1.807, 2.05) is 53.4 Å². The molecule has 43 nitrogen and oxygen atoms in total. The number of esters is 1. The van der Waals surface area contributed by atoms with Crippen LogP contribution in [0.15, 0.2) is 83.7 Å². The number of amides is 6. The van der Waals surface area contributed by atoms with Gasteiger partial charge in [0, 0.05) is 104 Å². The molecule has 1 saturated carbocycles. The number of aromatic nitrogens is 5. The number of ketones is 1. The second-order valence-electron chi connectivity index (χ2n) is 37.2.